The number of rotatable bonds is 0. The van der Waals surface area contributed by atoms with Gasteiger partial charge in [-0.2, -0.15) is 0 Å². The smallest absolute Gasteiger partial charge is 0.265 e. The van der Waals surface area contributed by atoms with Gasteiger partial charge < -0.3 is 15.4 Å². The molecule has 122 valence electrons. The minimum absolute atomic E-state index is 0.938. The summed E-state index contributed by atoms with van der Waals surface area (Å²) in [5.74, 6) is 0. The highest BCUT2D eigenvalue weighted by Crippen LogP contribution is 2.39. The van der Waals surface area contributed by atoms with E-state index in [0.717, 1.165) is 22.6 Å². The molecule has 0 aliphatic carbocycles. The Bertz CT molecular complexity index is 1020. The predicted octanol–water partition coefficient (Wildman–Crippen LogP) is 2.31. The first-order valence-corrected chi connectivity index (χ1v) is 9.10. The van der Waals surface area contributed by atoms with Crippen molar-refractivity contribution in [2.24, 2.45) is 0 Å². The Morgan fingerprint density at radius 1 is 0.423 bits per heavy atom. The summed E-state index contributed by atoms with van der Waals surface area (Å²) in [5.41, 5.74) is 0. The molecule has 3 nitrogen and oxygen atoms in total. The van der Waals surface area contributed by atoms with Crippen LogP contribution in [0.3, 0.4) is 0 Å². The van der Waals surface area contributed by atoms with Crippen LogP contribution < -0.4 is 15.4 Å². The van der Waals surface area contributed by atoms with Crippen molar-refractivity contribution in [2.75, 3.05) is 0 Å². The van der Waals surface area contributed by atoms with Crippen LogP contribution in [0.25, 0.3) is 43.1 Å². The lowest BCUT2D eigenvalue weighted by molar-refractivity contribution is 1.28. The van der Waals surface area contributed by atoms with Crippen LogP contribution >= 0.6 is 0 Å². The molecule has 0 amide bonds. The molecule has 6 heteroatoms. The molecular formula is C20H18B3N3. The van der Waals surface area contributed by atoms with E-state index in [1.807, 2.05) is 0 Å². The molecule has 0 atom stereocenters. The second kappa shape index (κ2) is 6.65. The van der Waals surface area contributed by atoms with Crippen molar-refractivity contribution in [3.05, 3.63) is 72.8 Å². The minimum Gasteiger partial charge on any atom is -0.378 e. The number of hydrogen-bond acceptors (Lipinski definition) is 3. The molecule has 0 spiro atoms. The van der Waals surface area contributed by atoms with E-state index in [9.17, 15) is 0 Å². The number of benzene rings is 5. The van der Waals surface area contributed by atoms with E-state index >= 15 is 0 Å². The molecular weight excluding hydrogens is 315 g/mol. The van der Waals surface area contributed by atoms with Gasteiger partial charge in [0, 0.05) is 0 Å². The second-order valence-electron chi connectivity index (χ2n) is 6.70. The van der Waals surface area contributed by atoms with Gasteiger partial charge in [0.15, 0.2) is 0 Å². The van der Waals surface area contributed by atoms with Crippen LogP contribution in [0.1, 0.15) is 0 Å². The summed E-state index contributed by atoms with van der Waals surface area (Å²) in [7, 11) is 2.81. The maximum atomic E-state index is 3.06. The van der Waals surface area contributed by atoms with Crippen LogP contribution in [-0.2, 0) is 0 Å². The highest BCUT2D eigenvalue weighted by Gasteiger charge is 2.11. The zero-order valence-corrected chi connectivity index (χ0v) is 14.5. The van der Waals surface area contributed by atoms with Gasteiger partial charge in [-0.3, -0.25) is 0 Å². The Balaban J connectivity index is 0.000000215. The fourth-order valence-corrected chi connectivity index (χ4v) is 4.03. The van der Waals surface area contributed by atoms with Crippen LogP contribution in [0.2, 0.25) is 0 Å². The fraction of sp³-hybridized carbons (Fsp3) is 0. The molecule has 5 aromatic rings. The Kier molecular flexibility index (Phi) is 4.02. The summed E-state index contributed by atoms with van der Waals surface area (Å²) >= 11 is 0. The minimum atomic E-state index is 0.938. The van der Waals surface area contributed by atoms with Gasteiger partial charge in [0.25, 0.3) is 22.6 Å². The molecule has 0 aromatic heterocycles. The van der Waals surface area contributed by atoms with Crippen molar-refractivity contribution in [1.29, 1.82) is 0 Å². The van der Waals surface area contributed by atoms with E-state index in [-0.39, 0.29) is 0 Å². The molecule has 1 fully saturated rings. The third-order valence-electron chi connectivity index (χ3n) is 5.14. The average molecular weight is 333 g/mol. The number of fused-ring (bicyclic) bond motifs is 2. The molecule has 26 heavy (non-hydrogen) atoms. The van der Waals surface area contributed by atoms with Crippen molar-refractivity contribution >= 4 is 65.7 Å². The molecule has 0 saturated carbocycles. The van der Waals surface area contributed by atoms with Crippen LogP contribution in [0.4, 0.5) is 0 Å². The van der Waals surface area contributed by atoms with Crippen molar-refractivity contribution in [1.82, 2.24) is 15.4 Å². The normalized spacial score (nSPS) is 13.8. The molecule has 1 saturated heterocycles. The molecule has 1 aliphatic heterocycles. The molecule has 0 bridgehead atoms. The third-order valence-corrected chi connectivity index (χ3v) is 5.14. The molecule has 3 N–H and O–H groups in total. The highest BCUT2D eigenvalue weighted by molar-refractivity contribution is 6.65. The van der Waals surface area contributed by atoms with Gasteiger partial charge in [0.2, 0.25) is 0 Å². The van der Waals surface area contributed by atoms with Crippen molar-refractivity contribution in [2.45, 2.75) is 0 Å². The predicted molar refractivity (Wildman–Crippen MR) is 119 cm³/mol. The average Bonchev–Trinajstić information content (AvgIpc) is 2.73. The lowest BCUT2D eigenvalue weighted by Crippen LogP contribution is -2.55. The molecule has 5 aromatic carbocycles. The van der Waals surface area contributed by atoms with Gasteiger partial charge in [0.1, 0.15) is 0 Å². The summed E-state index contributed by atoms with van der Waals surface area (Å²) < 4.78 is 0. The zero-order chi connectivity index (χ0) is 17.3. The lowest BCUT2D eigenvalue weighted by atomic mass is 9.85. The fourth-order valence-electron chi connectivity index (χ4n) is 4.03. The maximum absolute atomic E-state index is 3.06. The summed E-state index contributed by atoms with van der Waals surface area (Å²) in [6.45, 7) is 0. The van der Waals surface area contributed by atoms with Crippen LogP contribution in [0, 0.1) is 0 Å². The SMILES string of the molecule is B1NBNBN1.c1cc2cccc3c4cccc5cccc(c(c1)c23)c54. The zero-order valence-electron chi connectivity index (χ0n) is 14.5. The van der Waals surface area contributed by atoms with Gasteiger partial charge in [0.05, 0.1) is 0 Å². The summed E-state index contributed by atoms with van der Waals surface area (Å²) in [6.07, 6.45) is 0. The van der Waals surface area contributed by atoms with Gasteiger partial charge in [-0.15, -0.1) is 0 Å². The largest absolute Gasteiger partial charge is 0.378 e. The summed E-state index contributed by atoms with van der Waals surface area (Å²) in [4.78, 5) is 0. The van der Waals surface area contributed by atoms with E-state index in [1.54, 1.807) is 0 Å². The Labute approximate surface area is 154 Å². The molecule has 0 radical (unpaired) electrons. The van der Waals surface area contributed by atoms with Crippen molar-refractivity contribution in [3.8, 4) is 0 Å². The summed E-state index contributed by atoms with van der Waals surface area (Å²) in [6, 6.07) is 26.4. The van der Waals surface area contributed by atoms with Gasteiger partial charge in [-0.25, -0.2) is 0 Å². The van der Waals surface area contributed by atoms with Crippen molar-refractivity contribution in [3.63, 3.8) is 0 Å². The van der Waals surface area contributed by atoms with Crippen LogP contribution in [0.15, 0.2) is 72.8 Å². The van der Waals surface area contributed by atoms with Gasteiger partial charge >= 0.3 is 0 Å². The molecule has 6 rings (SSSR count). The van der Waals surface area contributed by atoms with Crippen molar-refractivity contribution < 1.29 is 0 Å². The number of hydrogen-bond donors (Lipinski definition) is 3. The van der Waals surface area contributed by atoms with E-state index in [2.05, 4.69) is 88.2 Å². The quantitative estimate of drug-likeness (QED) is 0.231. The van der Waals surface area contributed by atoms with E-state index in [0.29, 0.717) is 0 Å². The first kappa shape index (κ1) is 15.7. The van der Waals surface area contributed by atoms with Gasteiger partial charge in [-0.1, -0.05) is 72.8 Å². The molecule has 0 unspecified atom stereocenters. The first-order valence-electron chi connectivity index (χ1n) is 9.10. The van der Waals surface area contributed by atoms with E-state index in [1.165, 1.54) is 43.1 Å². The Hall–Kier alpha value is -2.53. The highest BCUT2D eigenvalue weighted by atomic mass is 15.0. The lowest BCUT2D eigenvalue weighted by Gasteiger charge is -2.13. The monoisotopic (exact) mass is 333 g/mol. The Morgan fingerprint density at radius 2 is 0.731 bits per heavy atom. The topological polar surface area (TPSA) is 36.1 Å². The molecule has 1 heterocycles. The van der Waals surface area contributed by atoms with Gasteiger partial charge in [-0.05, 0) is 43.1 Å². The van der Waals surface area contributed by atoms with Crippen LogP contribution in [-0.4, -0.2) is 22.6 Å². The third kappa shape index (κ3) is 2.55. The Morgan fingerprint density at radius 3 is 1.00 bits per heavy atom. The van der Waals surface area contributed by atoms with Crippen LogP contribution in [0.5, 0.6) is 0 Å². The molecule has 1 aliphatic rings. The van der Waals surface area contributed by atoms with E-state index < -0.39 is 0 Å². The standard InChI is InChI=1S/C20H12.B3H6N3/c1-5-13-6-2-11-17-18-12-4-8-14-7-3-10-16(20(14)18)15(9-1)19(13)17;1-4-2-6-3-5-1/h1-12H;1-6H. The van der Waals surface area contributed by atoms with E-state index in [4.69, 9.17) is 0 Å². The summed E-state index contributed by atoms with van der Waals surface area (Å²) in [5, 5.41) is 20.1. The second-order valence-corrected chi connectivity index (χ2v) is 6.70. The number of nitrogens with one attached hydrogen (secondary N) is 3. The first-order chi connectivity index (χ1) is 12.9. The maximum Gasteiger partial charge on any atom is 0.265 e.